The van der Waals surface area contributed by atoms with Crippen molar-refractivity contribution in [3.8, 4) is 0 Å². The maximum Gasteiger partial charge on any atom is 0.494 e. The largest absolute Gasteiger partial charge is 0.494 e. The van der Waals surface area contributed by atoms with E-state index in [4.69, 9.17) is 9.31 Å². The number of carbonyl (C=O) groups is 1. The molecule has 1 saturated heterocycles. The molecule has 1 fully saturated rings. The smallest absolute Gasteiger partial charge is 0.399 e. The summed E-state index contributed by atoms with van der Waals surface area (Å²) in [7, 11) is -4.61. The summed E-state index contributed by atoms with van der Waals surface area (Å²) in [5.74, 6) is -1.56. The van der Waals surface area contributed by atoms with Gasteiger partial charge in [-0.2, -0.15) is 0 Å². The predicted molar refractivity (Wildman–Crippen MR) is 139 cm³/mol. The molecular formula is C26H32BFN2O5S. The molecule has 1 atom stereocenters. The van der Waals surface area contributed by atoms with Crippen molar-refractivity contribution >= 4 is 34.2 Å². The number of nitrogens with zero attached hydrogens (tertiary/aromatic N) is 1. The molecule has 10 heteroatoms. The Bertz CT molecular complexity index is 1330. The molecule has 0 saturated carbocycles. The van der Waals surface area contributed by atoms with Crippen LogP contribution in [0.1, 0.15) is 64.4 Å². The summed E-state index contributed by atoms with van der Waals surface area (Å²) in [5, 5.41) is 2.68. The molecule has 2 aromatic carbocycles. The highest BCUT2D eigenvalue weighted by Gasteiger charge is 2.53. The van der Waals surface area contributed by atoms with E-state index in [-0.39, 0.29) is 11.4 Å². The summed E-state index contributed by atoms with van der Waals surface area (Å²) in [6.45, 7) is 12.2. The van der Waals surface area contributed by atoms with Crippen LogP contribution in [0.4, 0.5) is 4.39 Å². The summed E-state index contributed by atoms with van der Waals surface area (Å²) in [4.78, 5) is 17.5. The zero-order chi connectivity index (χ0) is 26.7. The lowest BCUT2D eigenvalue weighted by Gasteiger charge is -2.39. The Balaban J connectivity index is 1.78. The Kier molecular flexibility index (Phi) is 6.26. The van der Waals surface area contributed by atoms with Crippen molar-refractivity contribution in [2.24, 2.45) is 4.99 Å². The predicted octanol–water partition coefficient (Wildman–Crippen LogP) is 3.38. The van der Waals surface area contributed by atoms with Crippen molar-refractivity contribution in [1.29, 1.82) is 0 Å². The number of amidine groups is 1. The maximum absolute atomic E-state index is 15.3. The third-order valence-electron chi connectivity index (χ3n) is 7.54. The van der Waals surface area contributed by atoms with Crippen LogP contribution in [-0.4, -0.2) is 49.0 Å². The van der Waals surface area contributed by atoms with Gasteiger partial charge >= 0.3 is 7.12 Å². The van der Waals surface area contributed by atoms with Gasteiger partial charge in [-0.05, 0) is 72.1 Å². The molecule has 2 aromatic rings. The van der Waals surface area contributed by atoms with Gasteiger partial charge in [0.05, 0.1) is 17.0 Å². The Hall–Kier alpha value is -2.56. The lowest BCUT2D eigenvalue weighted by molar-refractivity contribution is 0.00578. The van der Waals surface area contributed by atoms with Crippen molar-refractivity contribution in [1.82, 2.24) is 5.32 Å². The van der Waals surface area contributed by atoms with E-state index in [0.717, 1.165) is 0 Å². The Morgan fingerprint density at radius 1 is 0.972 bits per heavy atom. The number of carbonyl (C=O) groups excluding carboxylic acids is 1. The molecule has 36 heavy (non-hydrogen) atoms. The zero-order valence-electron chi connectivity index (χ0n) is 21.7. The van der Waals surface area contributed by atoms with Crippen molar-refractivity contribution in [3.05, 3.63) is 65.5 Å². The zero-order valence-corrected chi connectivity index (χ0v) is 22.5. The first-order valence-electron chi connectivity index (χ1n) is 11.8. The number of amides is 1. The topological polar surface area (TPSA) is 94.1 Å². The molecule has 0 aromatic heterocycles. The summed E-state index contributed by atoms with van der Waals surface area (Å²) < 4.78 is 52.9. The molecule has 192 valence electrons. The van der Waals surface area contributed by atoms with Crippen LogP contribution in [0.2, 0.25) is 0 Å². The number of rotatable bonds is 3. The first-order valence-corrected chi connectivity index (χ1v) is 13.5. The first-order chi connectivity index (χ1) is 16.5. The van der Waals surface area contributed by atoms with E-state index in [0.29, 0.717) is 11.0 Å². The van der Waals surface area contributed by atoms with Crippen LogP contribution in [0, 0.1) is 5.82 Å². The van der Waals surface area contributed by atoms with Gasteiger partial charge in [0.1, 0.15) is 21.9 Å². The lowest BCUT2D eigenvalue weighted by atomic mass is 9.76. The van der Waals surface area contributed by atoms with Gasteiger partial charge in [-0.3, -0.25) is 9.79 Å². The van der Waals surface area contributed by atoms with Crippen LogP contribution in [-0.2, 0) is 24.7 Å². The minimum absolute atomic E-state index is 0.0365. The summed E-state index contributed by atoms with van der Waals surface area (Å²) in [5.41, 5.74) is -1.69. The van der Waals surface area contributed by atoms with Gasteiger partial charge in [0.25, 0.3) is 5.91 Å². The molecule has 0 radical (unpaired) electrons. The van der Waals surface area contributed by atoms with Gasteiger partial charge in [-0.25, -0.2) is 12.8 Å². The molecule has 2 heterocycles. The molecule has 2 aliphatic heterocycles. The highest BCUT2D eigenvalue weighted by atomic mass is 32.2. The lowest BCUT2D eigenvalue weighted by Crippen LogP contribution is -2.57. The van der Waals surface area contributed by atoms with E-state index in [2.05, 4.69) is 10.3 Å². The van der Waals surface area contributed by atoms with Crippen molar-refractivity contribution in [2.45, 2.75) is 70.0 Å². The molecule has 0 spiro atoms. The standard InChI is InChI=1S/C26H32BFN2O5S/c1-23(2)22(29-21(31)17-11-9-8-10-12-17)30-26(7,16-36(23,32)33)19-15-18(13-14-20(19)28)27-34-24(3,4)25(5,6)35-27/h8-15H,16H2,1-7H3,(H,29,30,31)/t26-/m0/s1. The highest BCUT2D eigenvalue weighted by Crippen LogP contribution is 2.39. The van der Waals surface area contributed by atoms with Gasteiger partial charge in [0.15, 0.2) is 9.84 Å². The third-order valence-corrected chi connectivity index (χ3v) is 10.2. The highest BCUT2D eigenvalue weighted by molar-refractivity contribution is 7.93. The number of halogens is 1. The molecule has 4 rings (SSSR count). The fraction of sp³-hybridized carbons (Fsp3) is 0.462. The number of sulfone groups is 1. The molecule has 1 N–H and O–H groups in total. The van der Waals surface area contributed by atoms with Crippen LogP contribution in [0.25, 0.3) is 0 Å². The number of hydrogen-bond acceptors (Lipinski definition) is 6. The Labute approximate surface area is 212 Å². The Morgan fingerprint density at radius 3 is 2.14 bits per heavy atom. The average molecular weight is 514 g/mol. The normalized spacial score (nSPS) is 25.8. The number of hydrogen-bond donors (Lipinski definition) is 1. The summed E-state index contributed by atoms with van der Waals surface area (Å²) in [6.07, 6.45) is 0. The van der Waals surface area contributed by atoms with Crippen LogP contribution >= 0.6 is 0 Å². The second kappa shape index (κ2) is 8.50. The van der Waals surface area contributed by atoms with E-state index in [1.807, 2.05) is 27.7 Å². The van der Waals surface area contributed by atoms with E-state index < -0.39 is 55.9 Å². The van der Waals surface area contributed by atoms with E-state index in [1.165, 1.54) is 19.9 Å². The Morgan fingerprint density at radius 2 is 1.56 bits per heavy atom. The number of nitrogens with one attached hydrogen (secondary N) is 1. The number of aliphatic imine (C=N–C) groups is 1. The van der Waals surface area contributed by atoms with Gasteiger partial charge in [-0.1, -0.05) is 30.3 Å². The van der Waals surface area contributed by atoms with Gasteiger partial charge in [0, 0.05) is 11.1 Å². The molecule has 1 amide bonds. The van der Waals surface area contributed by atoms with Crippen LogP contribution in [0.15, 0.2) is 53.5 Å². The quantitative estimate of drug-likeness (QED) is 0.634. The molecule has 0 bridgehead atoms. The van der Waals surface area contributed by atoms with Gasteiger partial charge in [-0.15, -0.1) is 0 Å². The summed E-state index contributed by atoms with van der Waals surface area (Å²) in [6, 6.07) is 12.8. The SMILES string of the molecule is CC1(C)OB(c2ccc(F)c([C@]3(C)CS(=O)(=O)C(C)(C)C(NC(=O)c4ccccc4)=N3)c2)OC1(C)C. The summed E-state index contributed by atoms with van der Waals surface area (Å²) >= 11 is 0. The van der Waals surface area contributed by atoms with Gasteiger partial charge in [0.2, 0.25) is 0 Å². The molecule has 2 aliphatic rings. The monoisotopic (exact) mass is 514 g/mol. The first kappa shape index (κ1) is 26.5. The molecule has 7 nitrogen and oxygen atoms in total. The fourth-order valence-electron chi connectivity index (χ4n) is 4.28. The van der Waals surface area contributed by atoms with Gasteiger partial charge < -0.3 is 14.6 Å². The number of benzene rings is 2. The second-order valence-corrected chi connectivity index (χ2v) is 13.7. The van der Waals surface area contributed by atoms with Crippen LogP contribution in [0.3, 0.4) is 0 Å². The average Bonchev–Trinajstić information content (AvgIpc) is 2.99. The molecule has 0 unspecified atom stereocenters. The maximum atomic E-state index is 15.3. The second-order valence-electron chi connectivity index (χ2n) is 11.2. The molecular weight excluding hydrogens is 482 g/mol. The third kappa shape index (κ3) is 4.39. The van der Waals surface area contributed by atoms with Crippen molar-refractivity contribution in [2.75, 3.05) is 5.75 Å². The molecule has 0 aliphatic carbocycles. The fourth-order valence-corrected chi connectivity index (χ4v) is 5.99. The van der Waals surface area contributed by atoms with E-state index >= 15 is 4.39 Å². The van der Waals surface area contributed by atoms with E-state index in [9.17, 15) is 13.2 Å². The van der Waals surface area contributed by atoms with Crippen molar-refractivity contribution in [3.63, 3.8) is 0 Å². The minimum atomic E-state index is -3.85. The van der Waals surface area contributed by atoms with Crippen LogP contribution in [0.5, 0.6) is 0 Å². The van der Waals surface area contributed by atoms with E-state index in [1.54, 1.807) is 49.4 Å². The van der Waals surface area contributed by atoms with Crippen molar-refractivity contribution < 1.29 is 26.9 Å². The minimum Gasteiger partial charge on any atom is -0.399 e. The van der Waals surface area contributed by atoms with Crippen LogP contribution < -0.4 is 10.8 Å².